The average molecular weight is 219 g/mol. The first-order valence-corrected chi connectivity index (χ1v) is 5.31. The monoisotopic (exact) mass is 219 g/mol. The Balaban J connectivity index is 2.32. The molecule has 1 aliphatic rings. The number of carbonyl (C=O) groups is 1. The summed E-state index contributed by atoms with van der Waals surface area (Å²) in [4.78, 5) is 12.4. The van der Waals surface area contributed by atoms with Crippen molar-refractivity contribution in [3.05, 3.63) is 0 Å². The second-order valence-electron chi connectivity index (χ2n) is 4.04. The lowest BCUT2D eigenvalue weighted by Gasteiger charge is -2.35. The van der Waals surface area contributed by atoms with Gasteiger partial charge in [0.05, 0.1) is 19.2 Å². The molecule has 4 nitrogen and oxygen atoms in total. The van der Waals surface area contributed by atoms with Crippen LogP contribution in [0.2, 0.25) is 0 Å². The van der Waals surface area contributed by atoms with Gasteiger partial charge in [-0.25, -0.2) is 0 Å². The first kappa shape index (κ1) is 12.4. The number of hydrogen-bond donors (Lipinski definition) is 2. The standard InChI is InChI=1S/C10H18FNO3/c11-4-1-8-7-12(5-2-9(8)13)6-3-10(14)15/h8-9,13H,1-7H2,(H,14,15)/t8-,9+/m0/s1. The van der Waals surface area contributed by atoms with E-state index in [9.17, 15) is 14.3 Å². The summed E-state index contributed by atoms with van der Waals surface area (Å²) in [6, 6.07) is 0. The quantitative estimate of drug-likeness (QED) is 0.707. The number of nitrogens with zero attached hydrogens (tertiary/aromatic N) is 1. The highest BCUT2D eigenvalue weighted by Crippen LogP contribution is 2.20. The Morgan fingerprint density at radius 3 is 2.87 bits per heavy atom. The van der Waals surface area contributed by atoms with Gasteiger partial charge in [0, 0.05) is 25.6 Å². The van der Waals surface area contributed by atoms with Gasteiger partial charge in [0.25, 0.3) is 0 Å². The van der Waals surface area contributed by atoms with Gasteiger partial charge >= 0.3 is 5.97 Å². The van der Waals surface area contributed by atoms with Crippen LogP contribution in [0.5, 0.6) is 0 Å². The van der Waals surface area contributed by atoms with E-state index in [0.717, 1.165) is 0 Å². The van der Waals surface area contributed by atoms with Gasteiger partial charge in [-0.05, 0) is 12.8 Å². The fourth-order valence-electron chi connectivity index (χ4n) is 1.98. The fraction of sp³-hybridized carbons (Fsp3) is 0.900. The number of carboxylic acids is 1. The maximum Gasteiger partial charge on any atom is 0.304 e. The topological polar surface area (TPSA) is 60.8 Å². The number of halogens is 1. The second-order valence-corrected chi connectivity index (χ2v) is 4.04. The molecule has 5 heteroatoms. The minimum absolute atomic E-state index is 0.0439. The van der Waals surface area contributed by atoms with Crippen LogP contribution in [0, 0.1) is 5.92 Å². The fourth-order valence-corrected chi connectivity index (χ4v) is 1.98. The lowest BCUT2D eigenvalue weighted by atomic mass is 9.92. The Morgan fingerprint density at radius 2 is 2.27 bits per heavy atom. The molecule has 0 amide bonds. The van der Waals surface area contributed by atoms with Crippen molar-refractivity contribution in [1.29, 1.82) is 0 Å². The Hall–Kier alpha value is -0.680. The van der Waals surface area contributed by atoms with Gasteiger partial charge < -0.3 is 15.1 Å². The molecule has 0 aromatic rings. The SMILES string of the molecule is O=C(O)CCN1CC[C@@H](O)[C@@H](CCF)C1. The highest BCUT2D eigenvalue weighted by molar-refractivity contribution is 5.66. The molecular formula is C10H18FNO3. The first-order valence-electron chi connectivity index (χ1n) is 5.31. The number of piperidine rings is 1. The van der Waals surface area contributed by atoms with Gasteiger partial charge in [-0.15, -0.1) is 0 Å². The van der Waals surface area contributed by atoms with Crippen LogP contribution in [-0.4, -0.2) is 53.5 Å². The van der Waals surface area contributed by atoms with Gasteiger partial charge in [0.2, 0.25) is 0 Å². The predicted octanol–water partition coefficient (Wildman–Crippen LogP) is 0.503. The Labute approximate surface area is 88.7 Å². The van der Waals surface area contributed by atoms with Crippen molar-refractivity contribution in [3.63, 3.8) is 0 Å². The average Bonchev–Trinajstić information content (AvgIpc) is 2.19. The summed E-state index contributed by atoms with van der Waals surface area (Å²) in [6.07, 6.45) is 0.662. The summed E-state index contributed by atoms with van der Waals surface area (Å²) in [5, 5.41) is 18.1. The maximum absolute atomic E-state index is 12.2. The van der Waals surface area contributed by atoms with Crippen molar-refractivity contribution in [2.24, 2.45) is 5.92 Å². The number of aliphatic hydroxyl groups excluding tert-OH is 1. The van der Waals surface area contributed by atoms with Gasteiger partial charge in [0.1, 0.15) is 0 Å². The summed E-state index contributed by atoms with van der Waals surface area (Å²) < 4.78 is 12.2. The van der Waals surface area contributed by atoms with Crippen LogP contribution < -0.4 is 0 Å². The van der Waals surface area contributed by atoms with E-state index in [4.69, 9.17) is 5.11 Å². The smallest absolute Gasteiger partial charge is 0.304 e. The molecular weight excluding hydrogens is 201 g/mol. The Kier molecular flexibility index (Phi) is 4.98. The minimum Gasteiger partial charge on any atom is -0.481 e. The van der Waals surface area contributed by atoms with Crippen LogP contribution in [0.4, 0.5) is 4.39 Å². The van der Waals surface area contributed by atoms with Gasteiger partial charge in [-0.1, -0.05) is 0 Å². The van der Waals surface area contributed by atoms with Crippen molar-refractivity contribution < 1.29 is 19.4 Å². The van der Waals surface area contributed by atoms with Gasteiger partial charge in [-0.2, -0.15) is 0 Å². The van der Waals surface area contributed by atoms with E-state index in [1.54, 1.807) is 0 Å². The largest absolute Gasteiger partial charge is 0.481 e. The number of rotatable bonds is 5. The van der Waals surface area contributed by atoms with Gasteiger partial charge in [-0.3, -0.25) is 9.18 Å². The van der Waals surface area contributed by atoms with Crippen LogP contribution in [-0.2, 0) is 4.79 Å². The number of likely N-dealkylation sites (tertiary alicyclic amines) is 1. The van der Waals surface area contributed by atoms with E-state index < -0.39 is 18.7 Å². The molecule has 0 aromatic heterocycles. The summed E-state index contributed by atoms with van der Waals surface area (Å²) in [6.45, 7) is 1.38. The van der Waals surface area contributed by atoms with Crippen molar-refractivity contribution in [2.45, 2.75) is 25.4 Å². The molecule has 2 atom stereocenters. The molecule has 1 saturated heterocycles. The normalized spacial score (nSPS) is 27.9. The summed E-state index contributed by atoms with van der Waals surface area (Å²) in [5.74, 6) is -0.860. The predicted molar refractivity (Wildman–Crippen MR) is 53.4 cm³/mol. The number of aliphatic hydroxyl groups is 1. The van der Waals surface area contributed by atoms with Gasteiger partial charge in [0.15, 0.2) is 0 Å². The molecule has 0 unspecified atom stereocenters. The third kappa shape index (κ3) is 4.13. The van der Waals surface area contributed by atoms with E-state index in [1.807, 2.05) is 4.90 Å². The van der Waals surface area contributed by atoms with Crippen LogP contribution >= 0.6 is 0 Å². The first-order chi connectivity index (χ1) is 7.13. The summed E-state index contributed by atoms with van der Waals surface area (Å²) in [5.41, 5.74) is 0. The molecule has 0 saturated carbocycles. The Bertz CT molecular complexity index is 213. The maximum atomic E-state index is 12.2. The second kappa shape index (κ2) is 6.02. The van der Waals surface area contributed by atoms with E-state index in [1.165, 1.54) is 0 Å². The summed E-state index contributed by atoms with van der Waals surface area (Å²) in [7, 11) is 0. The van der Waals surface area contributed by atoms with Crippen molar-refractivity contribution in [3.8, 4) is 0 Å². The van der Waals surface area contributed by atoms with Crippen molar-refractivity contribution >= 4 is 5.97 Å². The van der Waals surface area contributed by atoms with E-state index in [2.05, 4.69) is 0 Å². The molecule has 0 spiro atoms. The highest BCUT2D eigenvalue weighted by Gasteiger charge is 2.27. The zero-order valence-electron chi connectivity index (χ0n) is 8.73. The third-order valence-electron chi connectivity index (χ3n) is 2.90. The molecule has 0 radical (unpaired) electrons. The number of hydrogen-bond acceptors (Lipinski definition) is 3. The Morgan fingerprint density at radius 1 is 1.53 bits per heavy atom. The molecule has 0 aromatic carbocycles. The van der Waals surface area contributed by atoms with Crippen LogP contribution in [0.25, 0.3) is 0 Å². The molecule has 15 heavy (non-hydrogen) atoms. The lowest BCUT2D eigenvalue weighted by Crippen LogP contribution is -2.44. The summed E-state index contributed by atoms with van der Waals surface area (Å²) >= 11 is 0. The van der Waals surface area contributed by atoms with Crippen LogP contribution in [0.15, 0.2) is 0 Å². The number of alkyl halides is 1. The molecule has 88 valence electrons. The number of carboxylic acid groups (broad SMARTS) is 1. The molecule has 1 aliphatic heterocycles. The molecule has 1 rings (SSSR count). The highest BCUT2D eigenvalue weighted by atomic mass is 19.1. The van der Waals surface area contributed by atoms with Crippen LogP contribution in [0.3, 0.4) is 0 Å². The lowest BCUT2D eigenvalue weighted by molar-refractivity contribution is -0.137. The molecule has 0 aliphatic carbocycles. The zero-order chi connectivity index (χ0) is 11.3. The van der Waals surface area contributed by atoms with E-state index >= 15 is 0 Å². The molecule has 1 fully saturated rings. The molecule has 1 heterocycles. The van der Waals surface area contributed by atoms with Crippen LogP contribution in [0.1, 0.15) is 19.3 Å². The molecule has 2 N–H and O–H groups in total. The van der Waals surface area contributed by atoms with Crippen molar-refractivity contribution in [1.82, 2.24) is 4.90 Å². The minimum atomic E-state index is -0.817. The zero-order valence-corrected chi connectivity index (χ0v) is 8.73. The molecule has 0 bridgehead atoms. The van der Waals surface area contributed by atoms with Crippen molar-refractivity contribution in [2.75, 3.05) is 26.3 Å². The van der Waals surface area contributed by atoms with E-state index in [0.29, 0.717) is 32.5 Å². The number of aliphatic carboxylic acids is 1. The van der Waals surface area contributed by atoms with E-state index in [-0.39, 0.29) is 12.3 Å². The third-order valence-corrected chi connectivity index (χ3v) is 2.90.